The molecule has 0 saturated heterocycles. The molecule has 1 aliphatic rings. The second kappa shape index (κ2) is 7.48. The van der Waals surface area contributed by atoms with Gasteiger partial charge in [0.15, 0.2) is 5.82 Å². The van der Waals surface area contributed by atoms with Crippen molar-refractivity contribution < 1.29 is 18.3 Å². The van der Waals surface area contributed by atoms with Crippen LogP contribution in [0.3, 0.4) is 0 Å². The maximum Gasteiger partial charge on any atom is 0.253 e. The van der Waals surface area contributed by atoms with Gasteiger partial charge in [-0.3, -0.25) is 4.79 Å². The number of hydrogen-bond acceptors (Lipinski definition) is 4. The van der Waals surface area contributed by atoms with E-state index in [1.54, 1.807) is 12.1 Å². The molecule has 5 nitrogen and oxygen atoms in total. The Morgan fingerprint density at radius 1 is 1.46 bits per heavy atom. The molecule has 1 aromatic heterocycles. The highest BCUT2D eigenvalue weighted by molar-refractivity contribution is 5.93. The van der Waals surface area contributed by atoms with Crippen LogP contribution in [0.25, 0.3) is 0 Å². The average Bonchev–Trinajstić information content (AvgIpc) is 3.45. The molecule has 0 radical (unpaired) electrons. The number of aromatic nitrogens is 1. The number of nitrogens with one attached hydrogen (secondary N) is 1. The summed E-state index contributed by atoms with van der Waals surface area (Å²) < 4.78 is 31.2. The van der Waals surface area contributed by atoms with Gasteiger partial charge in [0, 0.05) is 19.7 Å². The van der Waals surface area contributed by atoms with E-state index in [0.29, 0.717) is 11.5 Å². The van der Waals surface area contributed by atoms with Crippen LogP contribution in [0.4, 0.5) is 8.78 Å². The molecule has 0 spiro atoms. The lowest BCUT2D eigenvalue weighted by Gasteiger charge is -2.11. The van der Waals surface area contributed by atoms with Crippen molar-refractivity contribution in [3.63, 3.8) is 0 Å². The van der Waals surface area contributed by atoms with Gasteiger partial charge in [0.1, 0.15) is 0 Å². The first kappa shape index (κ1) is 17.8. The van der Waals surface area contributed by atoms with Gasteiger partial charge in [0.25, 0.3) is 11.8 Å². The smallest absolute Gasteiger partial charge is 0.253 e. The SMILES string of the molecule is CC(F)Oc1ncc(C(=O)NCc2cc(C#N)ccc2C2CC2)cc1F. The molecule has 1 heterocycles. The predicted molar refractivity (Wildman–Crippen MR) is 89.7 cm³/mol. The van der Waals surface area contributed by atoms with E-state index in [9.17, 15) is 13.6 Å². The van der Waals surface area contributed by atoms with Crippen molar-refractivity contribution >= 4 is 5.91 Å². The highest BCUT2D eigenvalue weighted by Gasteiger charge is 2.26. The van der Waals surface area contributed by atoms with Gasteiger partial charge in [-0.05, 0) is 48.1 Å². The molecule has 1 amide bonds. The van der Waals surface area contributed by atoms with Gasteiger partial charge in [-0.1, -0.05) is 6.07 Å². The Hall–Kier alpha value is -3.01. The lowest BCUT2D eigenvalue weighted by atomic mass is 10.0. The van der Waals surface area contributed by atoms with Crippen molar-refractivity contribution in [1.82, 2.24) is 10.3 Å². The van der Waals surface area contributed by atoms with Crippen LogP contribution >= 0.6 is 0 Å². The van der Waals surface area contributed by atoms with Crippen molar-refractivity contribution in [3.05, 3.63) is 58.5 Å². The number of hydrogen-bond donors (Lipinski definition) is 1. The molecule has 0 bridgehead atoms. The van der Waals surface area contributed by atoms with Crippen molar-refractivity contribution in [2.45, 2.75) is 38.6 Å². The lowest BCUT2D eigenvalue weighted by molar-refractivity contribution is 0.0759. The van der Waals surface area contributed by atoms with Crippen LogP contribution in [0.5, 0.6) is 5.88 Å². The van der Waals surface area contributed by atoms with Gasteiger partial charge in [-0.25, -0.2) is 13.8 Å². The highest BCUT2D eigenvalue weighted by atomic mass is 19.1. The minimum atomic E-state index is -1.70. The highest BCUT2D eigenvalue weighted by Crippen LogP contribution is 2.41. The molecule has 1 aromatic carbocycles. The lowest BCUT2D eigenvalue weighted by Crippen LogP contribution is -2.24. The number of carbonyl (C=O) groups is 1. The number of pyridine rings is 1. The molecule has 3 rings (SSSR count). The Labute approximate surface area is 149 Å². The van der Waals surface area contributed by atoms with Crippen molar-refractivity contribution in [3.8, 4) is 11.9 Å². The van der Waals surface area contributed by atoms with Crippen LogP contribution in [-0.2, 0) is 6.54 Å². The van der Waals surface area contributed by atoms with E-state index < -0.39 is 24.0 Å². The number of rotatable bonds is 6. The van der Waals surface area contributed by atoms with E-state index in [0.717, 1.165) is 43.2 Å². The number of amides is 1. The molecular formula is C19H17F2N3O2. The van der Waals surface area contributed by atoms with Crippen LogP contribution < -0.4 is 10.1 Å². The quantitative estimate of drug-likeness (QED) is 0.857. The van der Waals surface area contributed by atoms with E-state index in [4.69, 9.17) is 5.26 Å². The number of halogens is 2. The molecule has 1 saturated carbocycles. The zero-order valence-corrected chi connectivity index (χ0v) is 14.1. The molecule has 1 atom stereocenters. The Morgan fingerprint density at radius 3 is 2.85 bits per heavy atom. The fraction of sp³-hybridized carbons (Fsp3) is 0.316. The van der Waals surface area contributed by atoms with E-state index in [1.807, 2.05) is 6.07 Å². The molecular weight excluding hydrogens is 340 g/mol. The standard InChI is InChI=1S/C19H17F2N3O2/c1-11(20)26-19-17(21)7-15(10-24-19)18(25)23-9-14-6-12(8-22)2-5-16(14)13-3-4-13/h2,5-7,10-11,13H,3-4,9H2,1H3,(H,23,25). The van der Waals surface area contributed by atoms with Gasteiger partial charge in [0.2, 0.25) is 6.36 Å². The second-order valence-corrected chi connectivity index (χ2v) is 6.15. The molecule has 1 aliphatic carbocycles. The second-order valence-electron chi connectivity index (χ2n) is 6.15. The van der Waals surface area contributed by atoms with Gasteiger partial charge in [0.05, 0.1) is 17.2 Å². The zero-order valence-electron chi connectivity index (χ0n) is 14.1. The number of nitriles is 1. The number of carbonyl (C=O) groups excluding carboxylic acids is 1. The predicted octanol–water partition coefficient (Wildman–Crippen LogP) is 3.59. The van der Waals surface area contributed by atoms with Crippen molar-refractivity contribution in [1.29, 1.82) is 5.26 Å². The fourth-order valence-corrected chi connectivity index (χ4v) is 2.69. The van der Waals surface area contributed by atoms with Crippen molar-refractivity contribution in [2.75, 3.05) is 0 Å². The molecule has 7 heteroatoms. The number of nitrogens with zero attached hydrogens (tertiary/aromatic N) is 2. The minimum absolute atomic E-state index is 0.00534. The third-order valence-corrected chi connectivity index (χ3v) is 4.07. The Balaban J connectivity index is 1.71. The molecule has 0 aliphatic heterocycles. The normalized spacial score (nSPS) is 14.4. The summed E-state index contributed by atoms with van der Waals surface area (Å²) in [4.78, 5) is 15.9. The van der Waals surface area contributed by atoms with Crippen LogP contribution in [-0.4, -0.2) is 17.2 Å². The third kappa shape index (κ3) is 4.14. The summed E-state index contributed by atoms with van der Waals surface area (Å²) in [7, 11) is 0. The van der Waals surface area contributed by atoms with Crippen LogP contribution in [0.15, 0.2) is 30.5 Å². The summed E-state index contributed by atoms with van der Waals surface area (Å²) in [5, 5.41) is 11.8. The van der Waals surface area contributed by atoms with E-state index in [2.05, 4.69) is 21.1 Å². The summed E-state index contributed by atoms with van der Waals surface area (Å²) >= 11 is 0. The summed E-state index contributed by atoms with van der Waals surface area (Å²) in [5.41, 5.74) is 2.52. The molecule has 1 unspecified atom stereocenters. The first-order valence-electron chi connectivity index (χ1n) is 8.25. The Bertz CT molecular complexity index is 874. The molecule has 1 N–H and O–H groups in total. The number of benzene rings is 1. The first-order valence-corrected chi connectivity index (χ1v) is 8.25. The van der Waals surface area contributed by atoms with E-state index in [-0.39, 0.29) is 12.1 Å². The fourth-order valence-electron chi connectivity index (χ4n) is 2.69. The summed E-state index contributed by atoms with van der Waals surface area (Å²) in [6.07, 6.45) is 1.61. The monoisotopic (exact) mass is 357 g/mol. The zero-order chi connectivity index (χ0) is 18.7. The maximum absolute atomic E-state index is 13.8. The maximum atomic E-state index is 13.8. The van der Waals surface area contributed by atoms with E-state index >= 15 is 0 Å². The molecule has 26 heavy (non-hydrogen) atoms. The van der Waals surface area contributed by atoms with Gasteiger partial charge >= 0.3 is 0 Å². The summed E-state index contributed by atoms with van der Waals surface area (Å²) in [6.45, 7) is 1.33. The third-order valence-electron chi connectivity index (χ3n) is 4.07. The van der Waals surface area contributed by atoms with Gasteiger partial charge < -0.3 is 10.1 Å². The van der Waals surface area contributed by atoms with Gasteiger partial charge in [-0.15, -0.1) is 0 Å². The van der Waals surface area contributed by atoms with Gasteiger partial charge in [-0.2, -0.15) is 5.26 Å². The summed E-state index contributed by atoms with van der Waals surface area (Å²) in [6, 6.07) is 8.48. The van der Waals surface area contributed by atoms with Crippen LogP contribution in [0, 0.1) is 17.1 Å². The van der Waals surface area contributed by atoms with E-state index in [1.165, 1.54) is 0 Å². The van der Waals surface area contributed by atoms with Crippen LogP contribution in [0.2, 0.25) is 0 Å². The topological polar surface area (TPSA) is 75.0 Å². The van der Waals surface area contributed by atoms with Crippen LogP contribution in [0.1, 0.15) is 52.7 Å². The molecule has 1 fully saturated rings. The molecule has 2 aromatic rings. The minimum Gasteiger partial charge on any atom is -0.441 e. The number of alkyl halides is 1. The largest absolute Gasteiger partial charge is 0.441 e. The number of ether oxygens (including phenoxy) is 1. The van der Waals surface area contributed by atoms with Crippen molar-refractivity contribution in [2.24, 2.45) is 0 Å². The first-order chi connectivity index (χ1) is 12.5. The Kier molecular flexibility index (Phi) is 5.12. The Morgan fingerprint density at radius 2 is 2.23 bits per heavy atom. The molecule has 134 valence electrons. The summed E-state index contributed by atoms with van der Waals surface area (Å²) in [5.74, 6) is -1.45. The average molecular weight is 357 g/mol.